The number of aliphatic hydroxyl groups is 6. The first-order valence-electron chi connectivity index (χ1n) is 12.9. The molecular formula is C26H40O9. The molecule has 0 radical (unpaired) electrons. The van der Waals surface area contributed by atoms with Crippen molar-refractivity contribution in [1.82, 2.24) is 0 Å². The van der Waals surface area contributed by atoms with Gasteiger partial charge in [0.1, 0.15) is 24.4 Å². The number of hydrogen-bond acceptors (Lipinski definition) is 9. The van der Waals surface area contributed by atoms with E-state index in [0.717, 1.165) is 24.8 Å². The molecule has 198 valence electrons. The summed E-state index contributed by atoms with van der Waals surface area (Å²) in [6.45, 7) is 7.51. The van der Waals surface area contributed by atoms with Crippen LogP contribution in [0.2, 0.25) is 0 Å². The van der Waals surface area contributed by atoms with Gasteiger partial charge in [0.2, 0.25) is 6.29 Å². The van der Waals surface area contributed by atoms with Gasteiger partial charge in [-0.05, 0) is 68.1 Å². The Bertz CT molecular complexity index is 877. The van der Waals surface area contributed by atoms with Crippen molar-refractivity contribution in [2.75, 3.05) is 6.61 Å². The first-order chi connectivity index (χ1) is 16.4. The van der Waals surface area contributed by atoms with Gasteiger partial charge in [0, 0.05) is 5.92 Å². The highest BCUT2D eigenvalue weighted by atomic mass is 16.7. The minimum absolute atomic E-state index is 0.0708. The smallest absolute Gasteiger partial charge is 0.314 e. The monoisotopic (exact) mass is 496 g/mol. The number of rotatable bonds is 3. The van der Waals surface area contributed by atoms with E-state index in [2.05, 4.69) is 13.5 Å². The number of carbonyl (C=O) groups is 1. The van der Waals surface area contributed by atoms with Gasteiger partial charge in [-0.1, -0.05) is 25.5 Å². The van der Waals surface area contributed by atoms with Crippen molar-refractivity contribution in [3.63, 3.8) is 0 Å². The molecule has 0 aromatic carbocycles. The van der Waals surface area contributed by atoms with Crippen molar-refractivity contribution in [3.8, 4) is 0 Å². The van der Waals surface area contributed by atoms with Crippen molar-refractivity contribution < 1.29 is 44.9 Å². The molecule has 0 aromatic heterocycles. The Labute approximate surface area is 205 Å². The van der Waals surface area contributed by atoms with Crippen LogP contribution in [0.15, 0.2) is 12.2 Å². The molecule has 5 fully saturated rings. The van der Waals surface area contributed by atoms with Gasteiger partial charge in [0.15, 0.2) is 0 Å². The van der Waals surface area contributed by atoms with Crippen LogP contribution in [0.5, 0.6) is 0 Å². The molecule has 1 spiro atoms. The predicted octanol–water partition coefficient (Wildman–Crippen LogP) is 0.240. The van der Waals surface area contributed by atoms with E-state index in [1.807, 2.05) is 0 Å². The third kappa shape index (κ3) is 3.57. The predicted molar refractivity (Wildman–Crippen MR) is 122 cm³/mol. The summed E-state index contributed by atoms with van der Waals surface area (Å²) in [5.74, 6) is -0.929. The van der Waals surface area contributed by atoms with Gasteiger partial charge in [-0.15, -0.1) is 0 Å². The number of aliphatic hydroxyl groups excluding tert-OH is 6. The largest absolute Gasteiger partial charge is 0.432 e. The molecule has 1 heterocycles. The van der Waals surface area contributed by atoms with Crippen LogP contribution in [0.25, 0.3) is 0 Å². The first-order valence-corrected chi connectivity index (χ1v) is 12.9. The van der Waals surface area contributed by atoms with E-state index in [-0.39, 0.29) is 17.3 Å². The molecular weight excluding hydrogens is 456 g/mol. The molecule has 35 heavy (non-hydrogen) atoms. The molecule has 0 aromatic rings. The summed E-state index contributed by atoms with van der Waals surface area (Å²) in [5, 5.41) is 62.9. The molecule has 5 aliphatic rings. The maximum absolute atomic E-state index is 13.7. The zero-order chi connectivity index (χ0) is 25.5. The van der Waals surface area contributed by atoms with Gasteiger partial charge in [0.25, 0.3) is 0 Å². The number of fused-ring (bicyclic) bond motifs is 3. The minimum atomic E-state index is -1.68. The lowest BCUT2D eigenvalue weighted by molar-refractivity contribution is -0.300. The molecule has 9 nitrogen and oxygen atoms in total. The number of esters is 1. The number of ether oxygens (including phenoxy) is 2. The van der Waals surface area contributed by atoms with Crippen LogP contribution in [0.1, 0.15) is 58.8 Å². The van der Waals surface area contributed by atoms with E-state index >= 15 is 0 Å². The maximum Gasteiger partial charge on any atom is 0.314 e. The third-order valence-electron chi connectivity index (χ3n) is 10.4. The molecule has 1 aliphatic heterocycles. The van der Waals surface area contributed by atoms with Crippen LogP contribution < -0.4 is 0 Å². The van der Waals surface area contributed by atoms with Crippen molar-refractivity contribution in [1.29, 1.82) is 0 Å². The van der Waals surface area contributed by atoms with E-state index in [1.54, 1.807) is 6.92 Å². The van der Waals surface area contributed by atoms with Crippen LogP contribution in [0.4, 0.5) is 0 Å². The fraction of sp³-hybridized carbons (Fsp3) is 0.885. The number of allylic oxidation sites excluding steroid dienone is 1. The molecule has 0 amide bonds. The quantitative estimate of drug-likeness (QED) is 0.238. The Hall–Kier alpha value is -1.07. The normalized spacial score (nSPS) is 55.7. The lowest BCUT2D eigenvalue weighted by Crippen LogP contribution is -2.66. The third-order valence-corrected chi connectivity index (χ3v) is 10.4. The van der Waals surface area contributed by atoms with Crippen molar-refractivity contribution in [2.24, 2.45) is 34.0 Å². The molecule has 6 N–H and O–H groups in total. The van der Waals surface area contributed by atoms with E-state index < -0.39 is 72.2 Å². The average Bonchev–Trinajstić information content (AvgIpc) is 3.01. The molecule has 4 saturated carbocycles. The van der Waals surface area contributed by atoms with Crippen LogP contribution in [-0.2, 0) is 14.3 Å². The topological polar surface area (TPSA) is 157 Å². The summed E-state index contributed by atoms with van der Waals surface area (Å²) in [5.41, 5.74) is -0.683. The van der Waals surface area contributed by atoms with Crippen molar-refractivity contribution in [3.05, 3.63) is 12.2 Å². The fourth-order valence-corrected chi connectivity index (χ4v) is 9.30. The van der Waals surface area contributed by atoms with Crippen molar-refractivity contribution in [2.45, 2.75) is 102 Å². The van der Waals surface area contributed by atoms with E-state index in [4.69, 9.17) is 9.47 Å². The summed E-state index contributed by atoms with van der Waals surface area (Å²) >= 11 is 0. The van der Waals surface area contributed by atoms with Gasteiger partial charge in [-0.3, -0.25) is 4.79 Å². The molecule has 5 rings (SSSR count). The van der Waals surface area contributed by atoms with Crippen LogP contribution in [0, 0.1) is 34.0 Å². The molecule has 0 unspecified atom stereocenters. The highest BCUT2D eigenvalue weighted by molar-refractivity contribution is 5.77. The van der Waals surface area contributed by atoms with Crippen LogP contribution in [0.3, 0.4) is 0 Å². The van der Waals surface area contributed by atoms with Crippen LogP contribution in [-0.4, -0.2) is 86.1 Å². The van der Waals surface area contributed by atoms with E-state index in [1.165, 1.54) is 0 Å². The van der Waals surface area contributed by atoms with Gasteiger partial charge in [-0.25, -0.2) is 0 Å². The Kier molecular flexibility index (Phi) is 6.19. The standard InChI is InChI=1S/C26H40O9/c1-12-8-26-9-13(12)7-14(28)21(26)24(2)5-4-6-25(3,20(24)15(29)10-26)23(33)35-22-19(32)18(31)17(30)16(11-27)34-22/h13-22,27-32H,1,4-11H2,2-3H3/t13-,14+,15-,16-,17-,18+,19-,20+,21+,22+,24-,25-,26-/m1/s1. The van der Waals surface area contributed by atoms with Gasteiger partial charge >= 0.3 is 5.97 Å². The molecule has 13 atom stereocenters. The van der Waals surface area contributed by atoms with Gasteiger partial charge in [-0.2, -0.15) is 0 Å². The van der Waals surface area contributed by atoms with Crippen LogP contribution >= 0.6 is 0 Å². The average molecular weight is 497 g/mol. The SMILES string of the molecule is C=C1C[C@]23C[C@H]1C[C@H](O)[C@H]2[C@]1(C)CCC[C@@](C)(C(=O)O[C@@H]2O[C@H](CO)[C@@H](O)[C@H](O)[C@H]2O)[C@H]1[C@H](O)C3. The minimum Gasteiger partial charge on any atom is -0.432 e. The van der Waals surface area contributed by atoms with Crippen molar-refractivity contribution >= 4 is 5.97 Å². The zero-order valence-corrected chi connectivity index (χ0v) is 20.5. The summed E-state index contributed by atoms with van der Waals surface area (Å²) < 4.78 is 11.0. The summed E-state index contributed by atoms with van der Waals surface area (Å²) in [6, 6.07) is 0. The Morgan fingerprint density at radius 3 is 2.43 bits per heavy atom. The summed E-state index contributed by atoms with van der Waals surface area (Å²) in [7, 11) is 0. The lowest BCUT2D eigenvalue weighted by atomic mass is 9.39. The molecule has 2 bridgehead atoms. The zero-order valence-electron chi connectivity index (χ0n) is 20.5. The molecule has 4 aliphatic carbocycles. The second-order valence-electron chi connectivity index (χ2n) is 12.5. The Balaban J connectivity index is 1.44. The van der Waals surface area contributed by atoms with Gasteiger partial charge < -0.3 is 40.1 Å². The lowest BCUT2D eigenvalue weighted by Gasteiger charge is -2.65. The van der Waals surface area contributed by atoms with Gasteiger partial charge in [0.05, 0.1) is 24.2 Å². The summed E-state index contributed by atoms with van der Waals surface area (Å²) in [4.78, 5) is 13.7. The highest BCUT2D eigenvalue weighted by Crippen LogP contribution is 2.72. The second-order valence-corrected chi connectivity index (χ2v) is 12.5. The number of carbonyl (C=O) groups excluding carboxylic acids is 1. The maximum atomic E-state index is 13.7. The first kappa shape index (κ1) is 25.6. The highest BCUT2D eigenvalue weighted by Gasteiger charge is 2.70. The second kappa shape index (κ2) is 8.48. The Morgan fingerprint density at radius 2 is 1.74 bits per heavy atom. The van der Waals surface area contributed by atoms with E-state index in [0.29, 0.717) is 25.7 Å². The van der Waals surface area contributed by atoms with E-state index in [9.17, 15) is 35.4 Å². The Morgan fingerprint density at radius 1 is 1.03 bits per heavy atom. The summed E-state index contributed by atoms with van der Waals surface area (Å²) in [6.07, 6.45) is -4.11. The number of hydrogen-bond donors (Lipinski definition) is 6. The molecule has 9 heteroatoms. The fourth-order valence-electron chi connectivity index (χ4n) is 9.30. The molecule has 1 saturated heterocycles.